The van der Waals surface area contributed by atoms with Crippen molar-refractivity contribution in [2.24, 2.45) is 0 Å². The number of amides is 3. The second kappa shape index (κ2) is 9.21. The molecule has 1 fully saturated rings. The van der Waals surface area contributed by atoms with Crippen LogP contribution in [0.2, 0.25) is 0 Å². The highest BCUT2D eigenvalue weighted by molar-refractivity contribution is 5.98. The van der Waals surface area contributed by atoms with E-state index in [1.54, 1.807) is 37.6 Å². The molecule has 28 heavy (non-hydrogen) atoms. The molecule has 7 heteroatoms. The molecule has 1 unspecified atom stereocenters. The molecule has 7 nitrogen and oxygen atoms in total. The number of methoxy groups -OCH3 is 1. The Balaban J connectivity index is 1.86. The average molecular weight is 382 g/mol. The van der Waals surface area contributed by atoms with Crippen LogP contribution in [0.4, 0.5) is 10.5 Å². The van der Waals surface area contributed by atoms with E-state index in [2.05, 4.69) is 15.6 Å². The molecule has 0 spiro atoms. The van der Waals surface area contributed by atoms with Gasteiger partial charge < -0.3 is 20.3 Å². The molecule has 0 bridgehead atoms. The number of rotatable bonds is 4. The molecule has 0 aliphatic carbocycles. The second-order valence-electron chi connectivity index (χ2n) is 6.76. The van der Waals surface area contributed by atoms with Crippen molar-refractivity contribution in [2.45, 2.75) is 31.7 Å². The molecule has 148 valence electrons. The topological polar surface area (TPSA) is 83.6 Å². The number of carbonyl (C=O) groups excluding carboxylic acids is 2. The minimum Gasteiger partial charge on any atom is -0.495 e. The van der Waals surface area contributed by atoms with Gasteiger partial charge in [-0.15, -0.1) is 0 Å². The number of hydrogen-bond donors (Lipinski definition) is 2. The molecule has 2 heterocycles. The summed E-state index contributed by atoms with van der Waals surface area (Å²) >= 11 is 0. The van der Waals surface area contributed by atoms with Crippen molar-refractivity contribution in [2.75, 3.05) is 26.0 Å². The van der Waals surface area contributed by atoms with Crippen molar-refractivity contribution >= 4 is 17.6 Å². The summed E-state index contributed by atoms with van der Waals surface area (Å²) in [5.74, 6) is 0.291. The van der Waals surface area contributed by atoms with Gasteiger partial charge >= 0.3 is 6.03 Å². The van der Waals surface area contributed by atoms with Gasteiger partial charge in [-0.2, -0.15) is 0 Å². The quantitative estimate of drug-likeness (QED) is 0.846. The molecule has 1 aliphatic heterocycles. The molecule has 1 aliphatic rings. The van der Waals surface area contributed by atoms with Crippen LogP contribution in [0.25, 0.3) is 0 Å². The zero-order chi connectivity index (χ0) is 19.9. The Kier molecular flexibility index (Phi) is 6.47. The zero-order valence-electron chi connectivity index (χ0n) is 16.3. The van der Waals surface area contributed by atoms with E-state index in [4.69, 9.17) is 4.74 Å². The first kappa shape index (κ1) is 19.7. The van der Waals surface area contributed by atoms with Gasteiger partial charge in [-0.3, -0.25) is 9.78 Å². The first-order valence-electron chi connectivity index (χ1n) is 9.51. The highest BCUT2D eigenvalue weighted by Crippen LogP contribution is 2.32. The monoisotopic (exact) mass is 382 g/mol. The van der Waals surface area contributed by atoms with Gasteiger partial charge in [-0.25, -0.2) is 4.79 Å². The van der Waals surface area contributed by atoms with Crippen LogP contribution in [-0.2, 0) is 0 Å². The fourth-order valence-corrected chi connectivity index (χ4v) is 3.56. The van der Waals surface area contributed by atoms with Crippen LogP contribution in [0.15, 0.2) is 42.7 Å². The maximum Gasteiger partial charge on any atom is 0.322 e. The molecule has 3 rings (SSSR count). The first-order valence-corrected chi connectivity index (χ1v) is 9.51. The van der Waals surface area contributed by atoms with Crippen LogP contribution in [0.5, 0.6) is 5.75 Å². The van der Waals surface area contributed by atoms with E-state index < -0.39 is 0 Å². The molecule has 2 aromatic rings. The van der Waals surface area contributed by atoms with Gasteiger partial charge in [0, 0.05) is 31.5 Å². The van der Waals surface area contributed by atoms with E-state index >= 15 is 0 Å². The summed E-state index contributed by atoms with van der Waals surface area (Å²) in [7, 11) is 3.11. The number of aromatic nitrogens is 1. The number of likely N-dealkylation sites (tertiary alicyclic amines) is 1. The van der Waals surface area contributed by atoms with Gasteiger partial charge in [-0.1, -0.05) is 12.8 Å². The van der Waals surface area contributed by atoms with Crippen molar-refractivity contribution in [3.63, 3.8) is 0 Å². The van der Waals surface area contributed by atoms with Crippen LogP contribution >= 0.6 is 0 Å². The minimum atomic E-state index is -0.220. The standard InChI is InChI=1S/C21H26N4O3/c1-22-20(26)16-7-8-19(28-2)17(14-16)24-21(27)25-13-5-3-4-6-18(25)15-9-11-23-12-10-15/h7-12,14,18H,3-6,13H2,1-2H3,(H,22,26)(H,24,27). The number of anilines is 1. The third kappa shape index (κ3) is 4.42. The number of carbonyl (C=O) groups is 2. The van der Waals surface area contributed by atoms with Crippen LogP contribution in [-0.4, -0.2) is 42.5 Å². The van der Waals surface area contributed by atoms with Gasteiger partial charge in [0.1, 0.15) is 5.75 Å². The Hall–Kier alpha value is -3.09. The smallest absolute Gasteiger partial charge is 0.322 e. The van der Waals surface area contributed by atoms with E-state index in [-0.39, 0.29) is 18.0 Å². The summed E-state index contributed by atoms with van der Waals surface area (Å²) in [5.41, 5.74) is 2.02. The van der Waals surface area contributed by atoms with Gasteiger partial charge in [0.05, 0.1) is 18.8 Å². The Morgan fingerprint density at radius 1 is 1.14 bits per heavy atom. The molecule has 0 saturated carbocycles. The van der Waals surface area contributed by atoms with E-state index in [1.165, 1.54) is 7.11 Å². The summed E-state index contributed by atoms with van der Waals surface area (Å²) in [6, 6.07) is 8.71. The first-order chi connectivity index (χ1) is 13.6. The lowest BCUT2D eigenvalue weighted by molar-refractivity contribution is 0.0963. The fraction of sp³-hybridized carbons (Fsp3) is 0.381. The fourth-order valence-electron chi connectivity index (χ4n) is 3.56. The number of urea groups is 1. The lowest BCUT2D eigenvalue weighted by atomic mass is 10.0. The van der Waals surface area contributed by atoms with Crippen molar-refractivity contribution in [3.05, 3.63) is 53.9 Å². The number of nitrogens with one attached hydrogen (secondary N) is 2. The lowest BCUT2D eigenvalue weighted by Crippen LogP contribution is -2.38. The van der Waals surface area contributed by atoms with Crippen molar-refractivity contribution in [1.29, 1.82) is 0 Å². The van der Waals surface area contributed by atoms with Crippen molar-refractivity contribution < 1.29 is 14.3 Å². The predicted molar refractivity (Wildman–Crippen MR) is 108 cm³/mol. The Morgan fingerprint density at radius 2 is 1.93 bits per heavy atom. The van der Waals surface area contributed by atoms with Crippen LogP contribution in [0, 0.1) is 0 Å². The molecule has 1 atom stereocenters. The largest absolute Gasteiger partial charge is 0.495 e. The van der Waals surface area contributed by atoms with Gasteiger partial charge in [0.2, 0.25) is 0 Å². The highest BCUT2D eigenvalue weighted by Gasteiger charge is 2.27. The SMILES string of the molecule is CNC(=O)c1ccc(OC)c(NC(=O)N2CCCCCC2c2ccncc2)c1. The van der Waals surface area contributed by atoms with Crippen LogP contribution in [0.1, 0.15) is 47.6 Å². The zero-order valence-corrected chi connectivity index (χ0v) is 16.3. The molecule has 0 radical (unpaired) electrons. The van der Waals surface area contributed by atoms with Crippen molar-refractivity contribution in [1.82, 2.24) is 15.2 Å². The lowest BCUT2D eigenvalue weighted by Gasteiger charge is -2.30. The molecule has 3 amide bonds. The number of benzene rings is 1. The third-order valence-corrected chi connectivity index (χ3v) is 5.03. The van der Waals surface area contributed by atoms with E-state index in [9.17, 15) is 9.59 Å². The van der Waals surface area contributed by atoms with E-state index in [0.29, 0.717) is 23.5 Å². The Labute approximate surface area is 165 Å². The third-order valence-electron chi connectivity index (χ3n) is 5.03. The van der Waals surface area contributed by atoms with E-state index in [0.717, 1.165) is 31.2 Å². The molecular formula is C21H26N4O3. The summed E-state index contributed by atoms with van der Waals surface area (Å²) in [6.07, 6.45) is 7.56. The summed E-state index contributed by atoms with van der Waals surface area (Å²) in [5, 5.41) is 5.54. The Bertz CT molecular complexity index is 826. The molecular weight excluding hydrogens is 356 g/mol. The summed E-state index contributed by atoms with van der Waals surface area (Å²) < 4.78 is 5.36. The van der Waals surface area contributed by atoms with Gasteiger partial charge in [0.25, 0.3) is 5.91 Å². The molecule has 2 N–H and O–H groups in total. The maximum absolute atomic E-state index is 13.2. The van der Waals surface area contributed by atoms with Crippen molar-refractivity contribution in [3.8, 4) is 5.75 Å². The summed E-state index contributed by atoms with van der Waals surface area (Å²) in [6.45, 7) is 0.677. The molecule has 1 aromatic carbocycles. The summed E-state index contributed by atoms with van der Waals surface area (Å²) in [4.78, 5) is 31.1. The number of ether oxygens (including phenoxy) is 1. The average Bonchev–Trinajstić information content (AvgIpc) is 3.00. The van der Waals surface area contributed by atoms with Gasteiger partial charge in [0.15, 0.2) is 0 Å². The predicted octanol–water partition coefficient (Wildman–Crippen LogP) is 3.60. The van der Waals surface area contributed by atoms with Crippen LogP contribution in [0.3, 0.4) is 0 Å². The molecule has 1 saturated heterocycles. The normalized spacial score (nSPS) is 16.8. The van der Waals surface area contributed by atoms with E-state index in [1.807, 2.05) is 17.0 Å². The second-order valence-corrected chi connectivity index (χ2v) is 6.76. The molecule has 1 aromatic heterocycles. The minimum absolute atomic E-state index is 0.00128. The number of hydrogen-bond acceptors (Lipinski definition) is 4. The maximum atomic E-state index is 13.2. The number of pyridine rings is 1. The highest BCUT2D eigenvalue weighted by atomic mass is 16.5. The van der Waals surface area contributed by atoms with Gasteiger partial charge in [-0.05, 0) is 48.7 Å². The van der Waals surface area contributed by atoms with Crippen LogP contribution < -0.4 is 15.4 Å². The number of nitrogens with zero attached hydrogens (tertiary/aromatic N) is 2. The Morgan fingerprint density at radius 3 is 2.64 bits per heavy atom.